The lowest BCUT2D eigenvalue weighted by molar-refractivity contribution is -0.0122. The van der Waals surface area contributed by atoms with Gasteiger partial charge in [-0.2, -0.15) is 0 Å². The van der Waals surface area contributed by atoms with Crippen molar-refractivity contribution >= 4 is 0 Å². The fourth-order valence-electron chi connectivity index (χ4n) is 1.68. The maximum Gasteiger partial charge on any atom is 0.0541 e. The Morgan fingerprint density at radius 3 is 1.80 bits per heavy atom. The summed E-state index contributed by atoms with van der Waals surface area (Å²) < 4.78 is 11.1. The molecule has 0 aromatic carbocycles. The zero-order valence-corrected chi connectivity index (χ0v) is 11.0. The van der Waals surface area contributed by atoms with Crippen molar-refractivity contribution in [3.8, 4) is 0 Å². The minimum Gasteiger partial charge on any atom is -0.381 e. The highest BCUT2D eigenvalue weighted by Crippen LogP contribution is 2.25. The van der Waals surface area contributed by atoms with Crippen molar-refractivity contribution in [1.82, 2.24) is 0 Å². The first-order chi connectivity index (χ1) is 7.18. The Labute approximate surface area is 95.3 Å². The summed E-state index contributed by atoms with van der Waals surface area (Å²) >= 11 is 0. The molecule has 0 bridgehead atoms. The van der Waals surface area contributed by atoms with E-state index in [1.807, 2.05) is 13.8 Å². The van der Waals surface area contributed by atoms with Crippen molar-refractivity contribution in [2.45, 2.75) is 53.4 Å². The Morgan fingerprint density at radius 2 is 1.40 bits per heavy atom. The van der Waals surface area contributed by atoms with Crippen molar-refractivity contribution in [3.63, 3.8) is 0 Å². The van der Waals surface area contributed by atoms with Gasteiger partial charge >= 0.3 is 0 Å². The number of ether oxygens (including phenoxy) is 2. The lowest BCUT2D eigenvalue weighted by atomic mass is 9.86. The molecular weight excluding hydrogens is 188 g/mol. The topological polar surface area (TPSA) is 18.5 Å². The van der Waals surface area contributed by atoms with Gasteiger partial charge in [-0.05, 0) is 20.3 Å². The average Bonchev–Trinajstić information content (AvgIpc) is 2.24. The van der Waals surface area contributed by atoms with Crippen LogP contribution in [0.25, 0.3) is 0 Å². The first-order valence-electron chi connectivity index (χ1n) is 6.34. The van der Waals surface area contributed by atoms with E-state index in [1.165, 1.54) is 25.7 Å². The molecule has 15 heavy (non-hydrogen) atoms. The molecule has 2 nitrogen and oxygen atoms in total. The summed E-state index contributed by atoms with van der Waals surface area (Å²) in [6.45, 7) is 11.9. The van der Waals surface area contributed by atoms with Crippen LogP contribution in [0.5, 0.6) is 0 Å². The SMILES string of the molecule is CCCCCC(C)(COCC)COCC. The number of hydrogen-bond donors (Lipinski definition) is 0. The van der Waals surface area contributed by atoms with Gasteiger partial charge in [0.2, 0.25) is 0 Å². The zero-order valence-electron chi connectivity index (χ0n) is 11.0. The van der Waals surface area contributed by atoms with Gasteiger partial charge in [0.25, 0.3) is 0 Å². The Balaban J connectivity index is 3.89. The lowest BCUT2D eigenvalue weighted by Gasteiger charge is -2.29. The number of hydrogen-bond acceptors (Lipinski definition) is 2. The van der Waals surface area contributed by atoms with Crippen LogP contribution >= 0.6 is 0 Å². The first kappa shape index (κ1) is 14.9. The smallest absolute Gasteiger partial charge is 0.0541 e. The summed E-state index contributed by atoms with van der Waals surface area (Å²) in [4.78, 5) is 0. The molecular formula is C13H28O2. The second-order valence-corrected chi connectivity index (χ2v) is 4.54. The van der Waals surface area contributed by atoms with E-state index >= 15 is 0 Å². The fourth-order valence-corrected chi connectivity index (χ4v) is 1.68. The Bertz CT molecular complexity index is 126. The van der Waals surface area contributed by atoms with Gasteiger partial charge in [0, 0.05) is 18.6 Å². The number of rotatable bonds is 10. The molecule has 0 heterocycles. The largest absolute Gasteiger partial charge is 0.381 e. The molecule has 0 radical (unpaired) electrons. The van der Waals surface area contributed by atoms with E-state index in [4.69, 9.17) is 9.47 Å². The van der Waals surface area contributed by atoms with Gasteiger partial charge < -0.3 is 9.47 Å². The van der Waals surface area contributed by atoms with Crippen LogP contribution in [0.4, 0.5) is 0 Å². The normalized spacial score (nSPS) is 12.0. The van der Waals surface area contributed by atoms with Crippen LogP contribution in [-0.4, -0.2) is 26.4 Å². The van der Waals surface area contributed by atoms with E-state index in [0.29, 0.717) is 0 Å². The highest BCUT2D eigenvalue weighted by molar-refractivity contribution is 4.73. The predicted molar refractivity (Wildman–Crippen MR) is 65.2 cm³/mol. The Hall–Kier alpha value is -0.0800. The molecule has 92 valence electrons. The van der Waals surface area contributed by atoms with E-state index in [0.717, 1.165) is 26.4 Å². The summed E-state index contributed by atoms with van der Waals surface area (Å²) in [5.41, 5.74) is 0.210. The summed E-state index contributed by atoms with van der Waals surface area (Å²) in [5.74, 6) is 0. The van der Waals surface area contributed by atoms with Crippen LogP contribution in [-0.2, 0) is 9.47 Å². The first-order valence-corrected chi connectivity index (χ1v) is 6.34. The van der Waals surface area contributed by atoms with Crippen LogP contribution in [0.1, 0.15) is 53.4 Å². The van der Waals surface area contributed by atoms with Crippen molar-refractivity contribution in [3.05, 3.63) is 0 Å². The molecule has 0 aromatic rings. The molecule has 0 saturated heterocycles. The average molecular weight is 216 g/mol. The molecule has 0 unspecified atom stereocenters. The number of unbranched alkanes of at least 4 members (excludes halogenated alkanes) is 2. The van der Waals surface area contributed by atoms with Gasteiger partial charge in [-0.15, -0.1) is 0 Å². The minimum atomic E-state index is 0.210. The molecule has 2 heteroatoms. The molecule has 0 spiro atoms. The van der Waals surface area contributed by atoms with Crippen LogP contribution in [0.15, 0.2) is 0 Å². The molecule has 0 aliphatic heterocycles. The fraction of sp³-hybridized carbons (Fsp3) is 1.00. The summed E-state index contributed by atoms with van der Waals surface area (Å²) in [7, 11) is 0. The third-order valence-electron chi connectivity index (χ3n) is 2.69. The molecule has 0 saturated carbocycles. The van der Waals surface area contributed by atoms with Gasteiger partial charge in [0.1, 0.15) is 0 Å². The van der Waals surface area contributed by atoms with Crippen molar-refractivity contribution < 1.29 is 9.47 Å². The van der Waals surface area contributed by atoms with Crippen molar-refractivity contribution in [2.24, 2.45) is 5.41 Å². The van der Waals surface area contributed by atoms with E-state index in [-0.39, 0.29) is 5.41 Å². The highest BCUT2D eigenvalue weighted by atomic mass is 16.5. The summed E-state index contributed by atoms with van der Waals surface area (Å²) in [6.07, 6.45) is 5.08. The third kappa shape index (κ3) is 7.80. The quantitative estimate of drug-likeness (QED) is 0.519. The molecule has 0 aromatic heterocycles. The van der Waals surface area contributed by atoms with E-state index in [1.54, 1.807) is 0 Å². The standard InChI is InChI=1S/C13H28O2/c1-5-8-9-10-13(4,11-14-6-2)12-15-7-3/h5-12H2,1-4H3. The predicted octanol–water partition coefficient (Wildman–Crippen LogP) is 3.65. The monoisotopic (exact) mass is 216 g/mol. The minimum absolute atomic E-state index is 0.210. The maximum absolute atomic E-state index is 5.55. The second kappa shape index (κ2) is 9.17. The molecule has 0 amide bonds. The van der Waals surface area contributed by atoms with Gasteiger partial charge in [-0.1, -0.05) is 33.1 Å². The van der Waals surface area contributed by atoms with Crippen LogP contribution in [0.3, 0.4) is 0 Å². The molecule has 0 rings (SSSR count). The van der Waals surface area contributed by atoms with E-state index < -0.39 is 0 Å². The van der Waals surface area contributed by atoms with Crippen molar-refractivity contribution in [2.75, 3.05) is 26.4 Å². The van der Waals surface area contributed by atoms with Gasteiger partial charge in [0.05, 0.1) is 13.2 Å². The van der Waals surface area contributed by atoms with Crippen molar-refractivity contribution in [1.29, 1.82) is 0 Å². The van der Waals surface area contributed by atoms with Crippen LogP contribution < -0.4 is 0 Å². The molecule has 0 aliphatic rings. The summed E-state index contributed by atoms with van der Waals surface area (Å²) in [6, 6.07) is 0. The highest BCUT2D eigenvalue weighted by Gasteiger charge is 2.24. The Morgan fingerprint density at radius 1 is 0.867 bits per heavy atom. The van der Waals surface area contributed by atoms with E-state index in [9.17, 15) is 0 Å². The molecule has 0 atom stereocenters. The second-order valence-electron chi connectivity index (χ2n) is 4.54. The summed E-state index contributed by atoms with van der Waals surface area (Å²) in [5, 5.41) is 0. The molecule has 0 aliphatic carbocycles. The van der Waals surface area contributed by atoms with Gasteiger partial charge in [0.15, 0.2) is 0 Å². The van der Waals surface area contributed by atoms with E-state index in [2.05, 4.69) is 13.8 Å². The van der Waals surface area contributed by atoms with Crippen LogP contribution in [0, 0.1) is 5.41 Å². The zero-order chi connectivity index (χ0) is 11.6. The van der Waals surface area contributed by atoms with Gasteiger partial charge in [-0.25, -0.2) is 0 Å². The van der Waals surface area contributed by atoms with Gasteiger partial charge in [-0.3, -0.25) is 0 Å². The molecule has 0 N–H and O–H groups in total. The lowest BCUT2D eigenvalue weighted by Crippen LogP contribution is -2.29. The maximum atomic E-state index is 5.55. The Kier molecular flexibility index (Phi) is 9.12. The molecule has 0 fully saturated rings. The third-order valence-corrected chi connectivity index (χ3v) is 2.69. The van der Waals surface area contributed by atoms with Crippen LogP contribution in [0.2, 0.25) is 0 Å².